The van der Waals surface area contributed by atoms with Crippen molar-refractivity contribution >= 4 is 11.0 Å². The van der Waals surface area contributed by atoms with Gasteiger partial charge in [-0.3, -0.25) is 10.1 Å². The van der Waals surface area contributed by atoms with Gasteiger partial charge in [0.2, 0.25) is 6.54 Å². The second-order valence-electron chi connectivity index (χ2n) is 4.85. The number of nitro groups is 1. The minimum atomic E-state index is -0.479. The minimum absolute atomic E-state index is 0.128. The number of hydrogen-bond acceptors (Lipinski definition) is 4. The summed E-state index contributed by atoms with van der Waals surface area (Å²) in [4.78, 5) is 10.6. The fourth-order valence-corrected chi connectivity index (χ4v) is 2.39. The summed E-state index contributed by atoms with van der Waals surface area (Å²) in [7, 11) is 0. The zero-order chi connectivity index (χ0) is 14.8. The molecule has 0 spiro atoms. The molecule has 0 saturated carbocycles. The fraction of sp³-hybridized carbons (Fsp3) is 0.125. The van der Waals surface area contributed by atoms with E-state index in [1.54, 1.807) is 12.1 Å². The number of phenolic OH excluding ortho intramolecular Hbond substituents is 1. The molecule has 0 bridgehead atoms. The first-order chi connectivity index (χ1) is 10.1. The molecule has 1 unspecified atom stereocenters. The monoisotopic (exact) mass is 283 g/mol. The van der Waals surface area contributed by atoms with Gasteiger partial charge in [0, 0.05) is 10.3 Å². The maximum atomic E-state index is 11.0. The van der Waals surface area contributed by atoms with Crippen LogP contribution in [-0.2, 0) is 0 Å². The lowest BCUT2D eigenvalue weighted by atomic mass is 9.96. The molecule has 3 rings (SSSR count). The molecule has 2 aromatic carbocycles. The van der Waals surface area contributed by atoms with Crippen molar-refractivity contribution in [2.75, 3.05) is 6.54 Å². The highest BCUT2D eigenvalue weighted by Gasteiger charge is 2.24. The molecule has 1 atom stereocenters. The molecule has 5 heteroatoms. The second-order valence-corrected chi connectivity index (χ2v) is 4.85. The molecule has 0 fully saturated rings. The van der Waals surface area contributed by atoms with Crippen LogP contribution in [0.3, 0.4) is 0 Å². The molecule has 21 heavy (non-hydrogen) atoms. The summed E-state index contributed by atoms with van der Waals surface area (Å²) >= 11 is 0. The average molecular weight is 283 g/mol. The van der Waals surface area contributed by atoms with Crippen LogP contribution in [-0.4, -0.2) is 16.6 Å². The van der Waals surface area contributed by atoms with Crippen molar-refractivity contribution in [3.63, 3.8) is 0 Å². The number of phenols is 1. The molecule has 1 N–H and O–H groups in total. The molecule has 106 valence electrons. The molecule has 0 aliphatic heterocycles. The summed E-state index contributed by atoms with van der Waals surface area (Å²) in [6.45, 7) is -0.259. The van der Waals surface area contributed by atoms with Gasteiger partial charge in [-0.25, -0.2) is 0 Å². The topological polar surface area (TPSA) is 76.5 Å². The number of benzene rings is 2. The third-order valence-corrected chi connectivity index (χ3v) is 3.42. The van der Waals surface area contributed by atoms with E-state index in [4.69, 9.17) is 4.42 Å². The number of fused-ring (bicyclic) bond motifs is 1. The lowest BCUT2D eigenvalue weighted by molar-refractivity contribution is -0.482. The molecule has 0 saturated heterocycles. The summed E-state index contributed by atoms with van der Waals surface area (Å²) in [5.41, 5.74) is 1.45. The predicted octanol–water partition coefficient (Wildman–Crippen LogP) is 3.55. The van der Waals surface area contributed by atoms with Gasteiger partial charge < -0.3 is 9.52 Å². The Balaban J connectivity index is 2.05. The van der Waals surface area contributed by atoms with Crippen LogP contribution in [0.25, 0.3) is 11.0 Å². The van der Waals surface area contributed by atoms with Gasteiger partial charge in [0.25, 0.3) is 0 Å². The zero-order valence-corrected chi connectivity index (χ0v) is 11.1. The van der Waals surface area contributed by atoms with Crippen molar-refractivity contribution < 1.29 is 14.4 Å². The highest BCUT2D eigenvalue weighted by atomic mass is 16.6. The van der Waals surface area contributed by atoms with Gasteiger partial charge in [0.05, 0.1) is 0 Å². The van der Waals surface area contributed by atoms with Crippen LogP contribution in [0.15, 0.2) is 59.0 Å². The smallest absolute Gasteiger partial charge is 0.217 e. The highest BCUT2D eigenvalue weighted by Crippen LogP contribution is 2.31. The van der Waals surface area contributed by atoms with Crippen LogP contribution in [0.5, 0.6) is 5.75 Å². The number of rotatable bonds is 4. The first kappa shape index (κ1) is 13.2. The Kier molecular flexibility index (Phi) is 3.31. The quantitative estimate of drug-likeness (QED) is 0.586. The number of aromatic hydroxyl groups is 1. The number of para-hydroxylation sites is 1. The Morgan fingerprint density at radius 2 is 1.86 bits per heavy atom. The molecule has 1 heterocycles. The van der Waals surface area contributed by atoms with Gasteiger partial charge in [0.15, 0.2) is 0 Å². The van der Waals surface area contributed by atoms with Crippen molar-refractivity contribution in [2.45, 2.75) is 5.92 Å². The molecule has 0 aliphatic carbocycles. The summed E-state index contributed by atoms with van der Waals surface area (Å²) in [6.07, 6.45) is 0. The van der Waals surface area contributed by atoms with Crippen LogP contribution < -0.4 is 0 Å². The summed E-state index contributed by atoms with van der Waals surface area (Å²) < 4.78 is 5.75. The largest absolute Gasteiger partial charge is 0.508 e. The van der Waals surface area contributed by atoms with E-state index in [0.717, 1.165) is 10.9 Å². The molecule has 0 amide bonds. The summed E-state index contributed by atoms with van der Waals surface area (Å²) in [6, 6.07) is 15.7. The van der Waals surface area contributed by atoms with Crippen LogP contribution in [0.4, 0.5) is 0 Å². The highest BCUT2D eigenvalue weighted by molar-refractivity contribution is 5.78. The number of hydrogen-bond donors (Lipinski definition) is 1. The van der Waals surface area contributed by atoms with E-state index in [1.165, 1.54) is 12.1 Å². The van der Waals surface area contributed by atoms with Crippen molar-refractivity contribution in [2.24, 2.45) is 0 Å². The van der Waals surface area contributed by atoms with Gasteiger partial charge in [-0.2, -0.15) is 0 Å². The van der Waals surface area contributed by atoms with Crippen LogP contribution in [0.2, 0.25) is 0 Å². The van der Waals surface area contributed by atoms with Crippen molar-refractivity contribution in [3.05, 3.63) is 76.0 Å². The third-order valence-electron chi connectivity index (χ3n) is 3.42. The number of nitrogens with zero attached hydrogens (tertiary/aromatic N) is 1. The standard InChI is InChI=1S/C16H13NO4/c18-13-7-5-11(6-8-13)14(10-17(19)20)16-9-12-3-1-2-4-15(12)21-16/h1-9,14,18H,10H2. The zero-order valence-electron chi connectivity index (χ0n) is 11.1. The Morgan fingerprint density at radius 1 is 1.14 bits per heavy atom. The Labute approximate surface area is 120 Å². The minimum Gasteiger partial charge on any atom is -0.508 e. The molecule has 0 aliphatic rings. The van der Waals surface area contributed by atoms with Gasteiger partial charge in [-0.05, 0) is 29.8 Å². The first-order valence-corrected chi connectivity index (χ1v) is 6.52. The SMILES string of the molecule is O=[N+]([O-])CC(c1ccc(O)cc1)c1cc2ccccc2o1. The maximum Gasteiger partial charge on any atom is 0.217 e. The molecule has 3 aromatic rings. The van der Waals surface area contributed by atoms with E-state index >= 15 is 0 Å². The lowest BCUT2D eigenvalue weighted by Crippen LogP contribution is -2.13. The molecule has 0 radical (unpaired) electrons. The van der Waals surface area contributed by atoms with Crippen molar-refractivity contribution in [3.8, 4) is 5.75 Å². The van der Waals surface area contributed by atoms with Gasteiger partial charge in [0.1, 0.15) is 23.0 Å². The Morgan fingerprint density at radius 3 is 2.52 bits per heavy atom. The van der Waals surface area contributed by atoms with Gasteiger partial charge >= 0.3 is 0 Å². The lowest BCUT2D eigenvalue weighted by Gasteiger charge is -2.10. The molecule has 5 nitrogen and oxygen atoms in total. The average Bonchev–Trinajstić information content (AvgIpc) is 2.89. The Hall–Kier alpha value is -2.82. The van der Waals surface area contributed by atoms with E-state index in [0.29, 0.717) is 11.3 Å². The first-order valence-electron chi connectivity index (χ1n) is 6.52. The maximum absolute atomic E-state index is 11.0. The van der Waals surface area contributed by atoms with E-state index in [2.05, 4.69) is 0 Å². The van der Waals surface area contributed by atoms with Gasteiger partial charge in [-0.1, -0.05) is 30.3 Å². The van der Waals surface area contributed by atoms with Gasteiger partial charge in [-0.15, -0.1) is 0 Å². The molecular formula is C16H13NO4. The van der Waals surface area contributed by atoms with E-state index < -0.39 is 5.92 Å². The summed E-state index contributed by atoms with van der Waals surface area (Å²) in [5, 5.41) is 21.2. The fourth-order valence-electron chi connectivity index (χ4n) is 2.39. The predicted molar refractivity (Wildman–Crippen MR) is 78.0 cm³/mol. The van der Waals surface area contributed by atoms with Crippen molar-refractivity contribution in [1.82, 2.24) is 0 Å². The Bertz CT molecular complexity index is 743. The molecule has 1 aromatic heterocycles. The van der Waals surface area contributed by atoms with Crippen LogP contribution in [0, 0.1) is 10.1 Å². The third kappa shape index (κ3) is 2.72. The van der Waals surface area contributed by atoms with Crippen molar-refractivity contribution in [1.29, 1.82) is 0 Å². The van der Waals surface area contributed by atoms with Crippen LogP contribution >= 0.6 is 0 Å². The second kappa shape index (κ2) is 5.28. The normalized spacial score (nSPS) is 12.4. The van der Waals surface area contributed by atoms with E-state index in [-0.39, 0.29) is 17.2 Å². The number of furan rings is 1. The van der Waals surface area contributed by atoms with E-state index in [1.807, 2.05) is 30.3 Å². The summed E-state index contributed by atoms with van der Waals surface area (Å²) in [5.74, 6) is 0.204. The van der Waals surface area contributed by atoms with E-state index in [9.17, 15) is 15.2 Å². The molecular weight excluding hydrogens is 270 g/mol. The van der Waals surface area contributed by atoms with Crippen LogP contribution in [0.1, 0.15) is 17.2 Å².